The number of hydrogen-bond acceptors (Lipinski definition) is 3. The van der Waals surface area contributed by atoms with Gasteiger partial charge in [0.2, 0.25) is 5.91 Å². The molecule has 3 rings (SSSR count). The maximum absolute atomic E-state index is 13.2. The Kier molecular flexibility index (Phi) is 6.36. The second kappa shape index (κ2) is 8.53. The lowest BCUT2D eigenvalue weighted by molar-refractivity contribution is -0.133. The molecule has 1 unspecified atom stereocenters. The molecule has 1 aromatic carbocycles. The molecule has 1 aromatic rings. The average Bonchev–Trinajstić information content (AvgIpc) is 3.14. The lowest BCUT2D eigenvalue weighted by Gasteiger charge is -2.37. The molecule has 1 saturated heterocycles. The van der Waals surface area contributed by atoms with Crippen LogP contribution in [-0.2, 0) is 16.1 Å². The van der Waals surface area contributed by atoms with E-state index in [1.807, 2.05) is 18.2 Å². The summed E-state index contributed by atoms with van der Waals surface area (Å²) in [6, 6.07) is 11.3. The Morgan fingerprint density at radius 3 is 2.54 bits per heavy atom. The summed E-state index contributed by atoms with van der Waals surface area (Å²) in [6.07, 6.45) is 5.30. The molecule has 1 N–H and O–H groups in total. The number of nitrogens with one attached hydrogen (secondary N) is 1. The molecule has 1 aliphatic carbocycles. The Hall–Kier alpha value is -1.39. The van der Waals surface area contributed by atoms with E-state index in [0.717, 1.165) is 50.9 Å². The van der Waals surface area contributed by atoms with Gasteiger partial charge in [-0.15, -0.1) is 0 Å². The first-order valence-electron chi connectivity index (χ1n) is 10.1. The molecule has 4 heteroatoms. The van der Waals surface area contributed by atoms with Crippen LogP contribution in [0.1, 0.15) is 51.5 Å². The molecule has 0 spiro atoms. The Morgan fingerprint density at radius 1 is 1.19 bits per heavy atom. The summed E-state index contributed by atoms with van der Waals surface area (Å²) >= 11 is 0. The zero-order valence-corrected chi connectivity index (χ0v) is 16.5. The van der Waals surface area contributed by atoms with Crippen molar-refractivity contribution in [3.8, 4) is 0 Å². The van der Waals surface area contributed by atoms with Crippen molar-refractivity contribution in [1.82, 2.24) is 10.2 Å². The van der Waals surface area contributed by atoms with E-state index in [1.165, 1.54) is 0 Å². The fraction of sp³-hybridized carbons (Fsp3) is 0.682. The van der Waals surface area contributed by atoms with E-state index >= 15 is 0 Å². The molecule has 26 heavy (non-hydrogen) atoms. The van der Waals surface area contributed by atoms with Crippen LogP contribution in [0.3, 0.4) is 0 Å². The minimum absolute atomic E-state index is 0.235. The van der Waals surface area contributed by atoms with Crippen molar-refractivity contribution in [2.45, 2.75) is 64.6 Å². The molecule has 1 heterocycles. The molecule has 0 bridgehead atoms. The summed E-state index contributed by atoms with van der Waals surface area (Å²) < 4.78 is 5.51. The number of nitrogens with zero attached hydrogens (tertiary/aromatic N) is 1. The Labute approximate surface area is 158 Å². The van der Waals surface area contributed by atoms with Gasteiger partial charge in [-0.2, -0.15) is 0 Å². The summed E-state index contributed by atoms with van der Waals surface area (Å²) in [5.41, 5.74) is 0.924. The van der Waals surface area contributed by atoms with E-state index < -0.39 is 0 Å². The third-order valence-electron chi connectivity index (χ3n) is 6.72. The Balaban J connectivity index is 1.63. The van der Waals surface area contributed by atoms with Gasteiger partial charge < -0.3 is 15.0 Å². The van der Waals surface area contributed by atoms with Crippen molar-refractivity contribution >= 4 is 5.91 Å². The molecule has 2 fully saturated rings. The van der Waals surface area contributed by atoms with E-state index in [1.54, 1.807) is 0 Å². The van der Waals surface area contributed by atoms with E-state index in [-0.39, 0.29) is 11.3 Å². The molecule has 4 nitrogen and oxygen atoms in total. The summed E-state index contributed by atoms with van der Waals surface area (Å²) in [7, 11) is 2.25. The van der Waals surface area contributed by atoms with E-state index in [4.69, 9.17) is 4.74 Å². The van der Waals surface area contributed by atoms with Crippen LogP contribution in [-0.4, -0.2) is 43.2 Å². The lowest BCUT2D eigenvalue weighted by atomic mass is 9.74. The van der Waals surface area contributed by atoms with Gasteiger partial charge in [0.1, 0.15) is 0 Å². The molecule has 0 aromatic heterocycles. The van der Waals surface area contributed by atoms with Crippen LogP contribution in [0.5, 0.6) is 0 Å². The maximum Gasteiger partial charge on any atom is 0.226 e. The number of hydrogen-bond donors (Lipinski definition) is 1. The molecular formula is C22H34N2O2. The van der Waals surface area contributed by atoms with Gasteiger partial charge in [0.25, 0.3) is 0 Å². The summed E-state index contributed by atoms with van der Waals surface area (Å²) in [5, 5.41) is 3.22. The van der Waals surface area contributed by atoms with Crippen LogP contribution in [0.15, 0.2) is 30.3 Å². The smallest absolute Gasteiger partial charge is 0.226 e. The summed E-state index contributed by atoms with van der Waals surface area (Å²) in [4.78, 5) is 15.7. The van der Waals surface area contributed by atoms with Crippen LogP contribution in [0.25, 0.3) is 0 Å². The van der Waals surface area contributed by atoms with Crippen molar-refractivity contribution < 1.29 is 9.53 Å². The third-order valence-corrected chi connectivity index (χ3v) is 6.72. The average molecular weight is 359 g/mol. The van der Waals surface area contributed by atoms with Crippen molar-refractivity contribution in [3.63, 3.8) is 0 Å². The van der Waals surface area contributed by atoms with Crippen molar-refractivity contribution in [2.75, 3.05) is 20.3 Å². The topological polar surface area (TPSA) is 41.6 Å². The molecule has 2 aliphatic rings. The summed E-state index contributed by atoms with van der Waals surface area (Å²) in [6.45, 7) is 6.77. The normalized spacial score (nSPS) is 27.2. The van der Waals surface area contributed by atoms with E-state index in [0.29, 0.717) is 24.5 Å². The molecular weight excluding hydrogens is 324 g/mol. The number of carbonyl (C=O) groups is 1. The fourth-order valence-electron chi connectivity index (χ4n) is 4.73. The monoisotopic (exact) mass is 358 g/mol. The largest absolute Gasteiger partial charge is 0.381 e. The van der Waals surface area contributed by atoms with E-state index in [2.05, 4.69) is 43.2 Å². The van der Waals surface area contributed by atoms with Gasteiger partial charge in [0.05, 0.1) is 5.41 Å². The zero-order valence-electron chi connectivity index (χ0n) is 16.5. The maximum atomic E-state index is 13.2. The van der Waals surface area contributed by atoms with Gasteiger partial charge >= 0.3 is 0 Å². The number of amides is 1. The number of ether oxygens (including phenoxy) is 1. The fourth-order valence-corrected chi connectivity index (χ4v) is 4.73. The second-order valence-corrected chi connectivity index (χ2v) is 8.38. The molecule has 1 aliphatic heterocycles. The lowest BCUT2D eigenvalue weighted by Crippen LogP contribution is -2.46. The van der Waals surface area contributed by atoms with Crippen LogP contribution >= 0.6 is 0 Å². The molecule has 0 radical (unpaired) electrons. The third kappa shape index (κ3) is 4.12. The van der Waals surface area contributed by atoms with Crippen LogP contribution < -0.4 is 5.32 Å². The molecule has 1 amide bonds. The number of carbonyl (C=O) groups excluding carboxylic acids is 1. The number of benzene rings is 1. The van der Waals surface area contributed by atoms with Crippen LogP contribution in [0.2, 0.25) is 0 Å². The van der Waals surface area contributed by atoms with Crippen LogP contribution in [0.4, 0.5) is 0 Å². The predicted octanol–water partition coefficient (Wildman–Crippen LogP) is 3.61. The molecule has 144 valence electrons. The first kappa shape index (κ1) is 19.4. The summed E-state index contributed by atoms with van der Waals surface area (Å²) in [5.74, 6) is 0.589. The highest BCUT2D eigenvalue weighted by molar-refractivity contribution is 5.83. The minimum Gasteiger partial charge on any atom is -0.381 e. The molecule has 2 atom stereocenters. The minimum atomic E-state index is -0.237. The van der Waals surface area contributed by atoms with Crippen LogP contribution in [0, 0.1) is 11.3 Å². The Bertz CT molecular complexity index is 583. The quantitative estimate of drug-likeness (QED) is 0.845. The molecule has 1 saturated carbocycles. The zero-order chi connectivity index (χ0) is 18.6. The first-order chi connectivity index (χ1) is 12.5. The predicted molar refractivity (Wildman–Crippen MR) is 105 cm³/mol. The van der Waals surface area contributed by atoms with Gasteiger partial charge in [-0.25, -0.2) is 0 Å². The van der Waals surface area contributed by atoms with Gasteiger partial charge in [-0.3, -0.25) is 4.79 Å². The van der Waals surface area contributed by atoms with E-state index in [9.17, 15) is 4.79 Å². The number of rotatable bonds is 6. The van der Waals surface area contributed by atoms with Gasteiger partial charge in [-0.05, 0) is 50.6 Å². The van der Waals surface area contributed by atoms with Crippen molar-refractivity contribution in [2.24, 2.45) is 11.3 Å². The standard InChI is InChI=1S/C22H34N2O2/c1-17(2)22(21(25)23-16-18-7-5-4-6-8-18)12-9-20(15-22)24(3)19-10-13-26-14-11-19/h4-8,17,19-20H,9-16H2,1-3H3,(H,23,25)/t20?,22-/m0/s1. The highest BCUT2D eigenvalue weighted by Crippen LogP contribution is 2.46. The SMILES string of the molecule is CC(C)[C@]1(C(=O)NCc2ccccc2)CCC(N(C)C2CCOCC2)C1. The van der Waals surface area contributed by atoms with Gasteiger partial charge in [-0.1, -0.05) is 44.2 Å². The van der Waals surface area contributed by atoms with Crippen molar-refractivity contribution in [1.29, 1.82) is 0 Å². The highest BCUT2D eigenvalue weighted by Gasteiger charge is 2.48. The van der Waals surface area contributed by atoms with Gasteiger partial charge in [0, 0.05) is 31.8 Å². The van der Waals surface area contributed by atoms with Crippen molar-refractivity contribution in [3.05, 3.63) is 35.9 Å². The highest BCUT2D eigenvalue weighted by atomic mass is 16.5. The Morgan fingerprint density at radius 2 is 1.88 bits per heavy atom. The van der Waals surface area contributed by atoms with Gasteiger partial charge in [0.15, 0.2) is 0 Å². The second-order valence-electron chi connectivity index (χ2n) is 8.38. The first-order valence-corrected chi connectivity index (χ1v) is 10.1.